The van der Waals surface area contributed by atoms with Gasteiger partial charge in [-0.3, -0.25) is 19.3 Å². The molecule has 1 fully saturated rings. The minimum atomic E-state index is -2.63. The Morgan fingerprint density at radius 1 is 1.17 bits per heavy atom. The van der Waals surface area contributed by atoms with E-state index in [1.165, 1.54) is 4.90 Å². The molecule has 0 radical (unpaired) electrons. The maximum atomic E-state index is 13.8. The number of aliphatic hydroxyl groups is 3. The molecular weight excluding hydrogens is 452 g/mol. The third-order valence-electron chi connectivity index (χ3n) is 7.75. The lowest BCUT2D eigenvalue weighted by Gasteiger charge is -2.50. The van der Waals surface area contributed by atoms with Crippen molar-refractivity contribution in [3.63, 3.8) is 0 Å². The van der Waals surface area contributed by atoms with Gasteiger partial charge in [0.1, 0.15) is 22.8 Å². The minimum Gasteiger partial charge on any atom is -0.508 e. The van der Waals surface area contributed by atoms with E-state index in [1.807, 2.05) is 33.8 Å². The molecule has 6 N–H and O–H groups in total. The number of amides is 1. The SMILES string of the molecule is Cc1cc(C(C)(C)C)c(O)c2c1C[C@H]1C[C@H]3[C@H](N(C)C)C(=O)C(C(N)=O)=C(O)[C@@]3(O)C(=O)C1=C2O. The van der Waals surface area contributed by atoms with E-state index in [0.717, 1.165) is 5.56 Å². The van der Waals surface area contributed by atoms with Gasteiger partial charge >= 0.3 is 0 Å². The van der Waals surface area contributed by atoms with Crippen LogP contribution >= 0.6 is 0 Å². The van der Waals surface area contributed by atoms with Gasteiger partial charge in [0.15, 0.2) is 11.4 Å². The van der Waals surface area contributed by atoms with E-state index in [0.29, 0.717) is 17.5 Å². The number of rotatable bonds is 2. The number of Topliss-reactive ketones (excluding diaryl/α,β-unsaturated/α-hetero) is 2. The van der Waals surface area contributed by atoms with Crippen molar-refractivity contribution in [1.29, 1.82) is 0 Å². The van der Waals surface area contributed by atoms with Crippen LogP contribution in [0.25, 0.3) is 5.76 Å². The number of nitrogens with two attached hydrogens (primary N) is 1. The molecule has 9 nitrogen and oxygen atoms in total. The van der Waals surface area contributed by atoms with E-state index in [9.17, 15) is 34.8 Å². The number of phenolic OH excluding ortho intramolecular Hbond substituents is 1. The summed E-state index contributed by atoms with van der Waals surface area (Å²) in [7, 11) is 3.15. The van der Waals surface area contributed by atoms with Crippen LogP contribution in [0.15, 0.2) is 23.0 Å². The molecule has 35 heavy (non-hydrogen) atoms. The van der Waals surface area contributed by atoms with E-state index in [2.05, 4.69) is 0 Å². The number of likely N-dealkylation sites (N-methyl/N-ethyl adjacent to an activating group) is 1. The quantitative estimate of drug-likeness (QED) is 0.395. The molecule has 1 amide bonds. The molecule has 3 aliphatic carbocycles. The van der Waals surface area contributed by atoms with Crippen molar-refractivity contribution >= 4 is 23.2 Å². The number of fused-ring (bicyclic) bond motifs is 3. The Morgan fingerprint density at radius 2 is 1.77 bits per heavy atom. The number of ketones is 2. The minimum absolute atomic E-state index is 0.0764. The summed E-state index contributed by atoms with van der Waals surface area (Å²) in [5, 5.41) is 45.0. The third-order valence-corrected chi connectivity index (χ3v) is 7.75. The lowest BCUT2D eigenvalue weighted by atomic mass is 9.57. The molecule has 0 bridgehead atoms. The summed E-state index contributed by atoms with van der Waals surface area (Å²) in [4.78, 5) is 40.5. The number of hydrogen-bond acceptors (Lipinski definition) is 8. The summed E-state index contributed by atoms with van der Waals surface area (Å²) in [5.74, 6) is -6.37. The van der Waals surface area contributed by atoms with Gasteiger partial charge in [0.05, 0.1) is 11.6 Å². The van der Waals surface area contributed by atoms with Crippen LogP contribution in [0.4, 0.5) is 0 Å². The number of hydrogen-bond donors (Lipinski definition) is 5. The van der Waals surface area contributed by atoms with Crippen molar-refractivity contribution in [1.82, 2.24) is 4.90 Å². The Hall–Kier alpha value is -3.17. The lowest BCUT2D eigenvalue weighted by molar-refractivity contribution is -0.153. The highest BCUT2D eigenvalue weighted by Gasteiger charge is 2.64. The normalized spacial score (nSPS) is 28.7. The number of primary amides is 1. The highest BCUT2D eigenvalue weighted by atomic mass is 16.3. The predicted octanol–water partition coefficient (Wildman–Crippen LogP) is 1.57. The van der Waals surface area contributed by atoms with Crippen LogP contribution in [0, 0.1) is 18.8 Å². The van der Waals surface area contributed by atoms with Crippen molar-refractivity contribution in [2.24, 2.45) is 17.6 Å². The largest absolute Gasteiger partial charge is 0.508 e. The number of phenols is 1. The molecule has 1 aromatic rings. The summed E-state index contributed by atoms with van der Waals surface area (Å²) in [6.07, 6.45) is 0.366. The first-order valence-corrected chi connectivity index (χ1v) is 11.6. The van der Waals surface area contributed by atoms with E-state index in [-0.39, 0.29) is 23.3 Å². The number of aromatic hydroxyl groups is 1. The molecule has 0 aliphatic heterocycles. The summed E-state index contributed by atoms with van der Waals surface area (Å²) >= 11 is 0. The molecule has 4 atom stereocenters. The average Bonchev–Trinajstić information content (AvgIpc) is 2.71. The molecule has 0 spiro atoms. The fourth-order valence-electron chi connectivity index (χ4n) is 6.07. The fourth-order valence-corrected chi connectivity index (χ4v) is 6.07. The average molecular weight is 485 g/mol. The zero-order valence-corrected chi connectivity index (χ0v) is 20.8. The summed E-state index contributed by atoms with van der Waals surface area (Å²) in [6.45, 7) is 7.61. The number of aliphatic hydroxyl groups excluding tert-OH is 2. The molecule has 188 valence electrons. The topological polar surface area (TPSA) is 161 Å². The van der Waals surface area contributed by atoms with E-state index in [1.54, 1.807) is 14.1 Å². The highest BCUT2D eigenvalue weighted by molar-refractivity contribution is 6.24. The van der Waals surface area contributed by atoms with Gasteiger partial charge in [-0.05, 0) is 56.3 Å². The fraction of sp³-hybridized carbons (Fsp3) is 0.500. The number of aryl methyl sites for hydroxylation is 1. The van der Waals surface area contributed by atoms with Gasteiger partial charge in [0.25, 0.3) is 5.91 Å². The Morgan fingerprint density at radius 3 is 2.29 bits per heavy atom. The van der Waals surface area contributed by atoms with Crippen LogP contribution < -0.4 is 5.73 Å². The summed E-state index contributed by atoms with van der Waals surface area (Å²) in [5.41, 5.74) is 3.54. The maximum Gasteiger partial charge on any atom is 0.255 e. The van der Waals surface area contributed by atoms with Gasteiger partial charge in [-0.1, -0.05) is 26.8 Å². The molecule has 0 heterocycles. The van der Waals surface area contributed by atoms with Crippen molar-refractivity contribution in [2.75, 3.05) is 14.1 Å². The first-order valence-electron chi connectivity index (χ1n) is 11.6. The summed E-state index contributed by atoms with van der Waals surface area (Å²) < 4.78 is 0. The number of nitrogens with zero attached hydrogens (tertiary/aromatic N) is 1. The first kappa shape index (κ1) is 24.9. The Labute approximate surface area is 203 Å². The maximum absolute atomic E-state index is 13.8. The number of carbonyl (C=O) groups is 3. The third kappa shape index (κ3) is 3.25. The molecule has 0 saturated heterocycles. The Bertz CT molecular complexity index is 1250. The van der Waals surface area contributed by atoms with Crippen molar-refractivity contribution in [3.05, 3.63) is 45.2 Å². The van der Waals surface area contributed by atoms with Gasteiger partial charge in [0.2, 0.25) is 5.78 Å². The van der Waals surface area contributed by atoms with Crippen LogP contribution in [-0.2, 0) is 26.2 Å². The van der Waals surface area contributed by atoms with Gasteiger partial charge in [-0.25, -0.2) is 0 Å². The zero-order valence-electron chi connectivity index (χ0n) is 20.8. The van der Waals surface area contributed by atoms with Crippen molar-refractivity contribution < 1.29 is 34.8 Å². The summed E-state index contributed by atoms with van der Waals surface area (Å²) in [6, 6.07) is 0.777. The van der Waals surface area contributed by atoms with Crippen molar-refractivity contribution in [2.45, 2.75) is 57.6 Å². The van der Waals surface area contributed by atoms with Gasteiger partial charge in [0, 0.05) is 17.1 Å². The van der Waals surface area contributed by atoms with Crippen LogP contribution in [0.2, 0.25) is 0 Å². The van der Waals surface area contributed by atoms with Gasteiger partial charge in [-0.15, -0.1) is 0 Å². The molecule has 0 aromatic heterocycles. The van der Waals surface area contributed by atoms with Crippen LogP contribution in [0.3, 0.4) is 0 Å². The lowest BCUT2D eigenvalue weighted by Crippen LogP contribution is -2.65. The predicted molar refractivity (Wildman–Crippen MR) is 128 cm³/mol. The number of benzene rings is 1. The van der Waals surface area contributed by atoms with Crippen LogP contribution in [-0.4, -0.2) is 68.5 Å². The molecule has 1 saturated carbocycles. The van der Waals surface area contributed by atoms with E-state index >= 15 is 0 Å². The van der Waals surface area contributed by atoms with Gasteiger partial charge < -0.3 is 26.2 Å². The monoisotopic (exact) mass is 484 g/mol. The smallest absolute Gasteiger partial charge is 0.255 e. The van der Waals surface area contributed by atoms with Crippen molar-refractivity contribution in [3.8, 4) is 5.75 Å². The van der Waals surface area contributed by atoms with E-state index < -0.39 is 63.5 Å². The Kier molecular flexibility index (Phi) is 5.46. The molecule has 0 unspecified atom stereocenters. The van der Waals surface area contributed by atoms with E-state index in [4.69, 9.17) is 5.73 Å². The second-order valence-electron chi connectivity index (χ2n) is 11.2. The zero-order chi connectivity index (χ0) is 26.4. The molecular formula is C26H32N2O7. The first-order chi connectivity index (χ1) is 16.0. The molecule has 3 aliphatic rings. The van der Waals surface area contributed by atoms with Crippen LogP contribution in [0.5, 0.6) is 5.75 Å². The molecule has 4 rings (SSSR count). The van der Waals surface area contributed by atoms with Crippen LogP contribution in [0.1, 0.15) is 49.4 Å². The van der Waals surface area contributed by atoms with Gasteiger partial charge in [-0.2, -0.15) is 0 Å². The molecule has 9 heteroatoms. The number of carbonyl (C=O) groups excluding carboxylic acids is 3. The molecule has 1 aromatic carbocycles. The second kappa shape index (κ2) is 7.66. The second-order valence-corrected chi connectivity index (χ2v) is 11.2. The Balaban J connectivity index is 2.00. The highest BCUT2D eigenvalue weighted by Crippen LogP contribution is 2.53. The standard InChI is InChI=1S/C26H32N2O7/c1-10-7-14(25(2,3)4)19(29)16-12(10)8-11-9-13-18(28(5)6)21(31)17(24(27)34)23(33)26(13,35)22(32)15(11)20(16)30/h7,11,13,18,29-30,33,35H,8-9H2,1-6H3,(H2,27,34)/t11-,13-,18-,26-/m0/s1.